The van der Waals surface area contributed by atoms with Crippen molar-refractivity contribution in [2.75, 3.05) is 12.8 Å². The molecule has 0 radical (unpaired) electrons. The Balaban J connectivity index is 1.80. The Bertz CT molecular complexity index is 804. The Morgan fingerprint density at radius 2 is 2.32 bits per heavy atom. The van der Waals surface area contributed by atoms with E-state index in [9.17, 15) is 19.5 Å². The Labute approximate surface area is 149 Å². The highest BCUT2D eigenvalue weighted by Gasteiger charge is 2.45. The maximum atomic E-state index is 12.5. The number of carboxylic acids is 1. The number of hydrogen-bond acceptors (Lipinski definition) is 9. The number of nitrogens with zero attached hydrogens (tertiary/aromatic N) is 3. The van der Waals surface area contributed by atoms with Crippen molar-refractivity contribution >= 4 is 51.7 Å². The van der Waals surface area contributed by atoms with Gasteiger partial charge in [0.2, 0.25) is 5.91 Å². The number of hydrogen-bond donors (Lipinski definition) is 3. The molecule has 0 bridgehead atoms. The van der Waals surface area contributed by atoms with Crippen molar-refractivity contribution < 1.29 is 24.3 Å². The van der Waals surface area contributed by atoms with Crippen LogP contribution in [-0.4, -0.2) is 56.3 Å². The van der Waals surface area contributed by atoms with E-state index in [1.807, 2.05) is 0 Å². The van der Waals surface area contributed by atoms with E-state index in [0.29, 0.717) is 0 Å². The summed E-state index contributed by atoms with van der Waals surface area (Å²) in [5.74, 6) is -2.07. The fourth-order valence-electron chi connectivity index (χ4n) is 2.36. The Morgan fingerprint density at radius 3 is 2.88 bits per heavy atom. The smallest absolute Gasteiger partial charge is 0.352 e. The molecular formula is C13H13N5O5S2. The Hall–Kier alpha value is -2.60. The lowest BCUT2D eigenvalue weighted by Crippen LogP contribution is -2.56. The number of nitrogens with two attached hydrogens (primary N) is 1. The molecule has 1 fully saturated rings. The molecule has 1 aromatic heterocycles. The molecule has 0 aliphatic carbocycles. The van der Waals surface area contributed by atoms with Gasteiger partial charge in [0, 0.05) is 5.38 Å². The maximum absolute atomic E-state index is 12.5. The standard InChI is InChI=1S/C13H13N5O5S2/c1-23-17-10(5-4-24-13(14)15-5)11(20)16-7-2-6(12(21)22)18-8(19)3-9(18)25-7/h2,4,7,9H,3H2,1H3,(H2,14,15)(H,16,20)(H,21,22)/t7?,9-/m1/s1. The lowest BCUT2D eigenvalue weighted by atomic mass is 10.1. The summed E-state index contributed by atoms with van der Waals surface area (Å²) in [5, 5.41) is 16.5. The number of oxime groups is 1. The van der Waals surface area contributed by atoms with Crippen LogP contribution < -0.4 is 11.1 Å². The molecule has 1 saturated heterocycles. The molecule has 25 heavy (non-hydrogen) atoms. The number of thiazole rings is 1. The zero-order chi connectivity index (χ0) is 18.1. The van der Waals surface area contributed by atoms with Gasteiger partial charge in [0.05, 0.1) is 17.2 Å². The van der Waals surface area contributed by atoms with E-state index in [4.69, 9.17) is 5.73 Å². The first-order chi connectivity index (χ1) is 11.9. The zero-order valence-corrected chi connectivity index (χ0v) is 14.5. The van der Waals surface area contributed by atoms with Gasteiger partial charge in [-0.2, -0.15) is 0 Å². The van der Waals surface area contributed by atoms with E-state index in [1.165, 1.54) is 29.8 Å². The van der Waals surface area contributed by atoms with Crippen molar-refractivity contribution in [2.24, 2.45) is 5.16 Å². The lowest BCUT2D eigenvalue weighted by molar-refractivity contribution is -0.146. The fraction of sp³-hybridized carbons (Fsp3) is 0.308. The van der Waals surface area contributed by atoms with Crippen molar-refractivity contribution in [3.05, 3.63) is 22.8 Å². The summed E-state index contributed by atoms with van der Waals surface area (Å²) in [5.41, 5.74) is 5.60. The molecule has 2 atom stereocenters. The van der Waals surface area contributed by atoms with Gasteiger partial charge >= 0.3 is 5.97 Å². The maximum Gasteiger partial charge on any atom is 0.352 e. The average molecular weight is 383 g/mol. The number of rotatable bonds is 5. The van der Waals surface area contributed by atoms with Crippen molar-refractivity contribution in [1.29, 1.82) is 0 Å². The Kier molecular flexibility index (Phi) is 4.63. The summed E-state index contributed by atoms with van der Waals surface area (Å²) in [6, 6.07) is 0. The normalized spacial score (nSPS) is 22.6. The number of carbonyl (C=O) groups is 3. The number of thioether (sulfide) groups is 1. The summed E-state index contributed by atoms with van der Waals surface area (Å²) >= 11 is 2.41. The van der Waals surface area contributed by atoms with Gasteiger partial charge in [-0.1, -0.05) is 5.16 Å². The van der Waals surface area contributed by atoms with Crippen molar-refractivity contribution in [1.82, 2.24) is 15.2 Å². The molecule has 2 amide bonds. The number of carbonyl (C=O) groups excluding carboxylic acids is 2. The summed E-state index contributed by atoms with van der Waals surface area (Å²) in [6.07, 6.45) is 1.54. The number of fused-ring (bicyclic) bond motifs is 1. The molecule has 4 N–H and O–H groups in total. The molecular weight excluding hydrogens is 370 g/mol. The topological polar surface area (TPSA) is 147 Å². The number of aromatic nitrogens is 1. The number of nitrogen functional groups attached to an aromatic ring is 1. The van der Waals surface area contributed by atoms with Gasteiger partial charge in [-0.3, -0.25) is 14.5 Å². The number of anilines is 1. The number of aliphatic carboxylic acids is 1. The van der Waals surface area contributed by atoms with E-state index >= 15 is 0 Å². The summed E-state index contributed by atoms with van der Waals surface area (Å²) in [6.45, 7) is 0. The second-order valence-electron chi connectivity index (χ2n) is 5.00. The van der Waals surface area contributed by atoms with Crippen molar-refractivity contribution in [3.8, 4) is 0 Å². The predicted octanol–water partition coefficient (Wildman–Crippen LogP) is -0.208. The molecule has 2 aliphatic heterocycles. The average Bonchev–Trinajstić information content (AvgIpc) is 2.96. The third-order valence-corrected chi connectivity index (χ3v) is 5.35. The molecule has 3 heterocycles. The van der Waals surface area contributed by atoms with Crippen LogP contribution in [0.25, 0.3) is 0 Å². The molecule has 1 aromatic rings. The van der Waals surface area contributed by atoms with E-state index in [0.717, 1.165) is 11.3 Å². The van der Waals surface area contributed by atoms with Gasteiger partial charge in [-0.25, -0.2) is 9.78 Å². The largest absolute Gasteiger partial charge is 0.477 e. The lowest BCUT2D eigenvalue weighted by Gasteiger charge is -2.44. The molecule has 3 rings (SSSR count). The van der Waals surface area contributed by atoms with Gasteiger partial charge in [0.1, 0.15) is 18.5 Å². The molecule has 10 nitrogen and oxygen atoms in total. The van der Waals surface area contributed by atoms with Crippen molar-refractivity contribution in [2.45, 2.75) is 17.2 Å². The minimum atomic E-state index is -1.23. The minimum Gasteiger partial charge on any atom is -0.477 e. The molecule has 132 valence electrons. The van der Waals surface area contributed by atoms with Crippen LogP contribution in [0.15, 0.2) is 22.3 Å². The van der Waals surface area contributed by atoms with Crippen LogP contribution in [0.1, 0.15) is 12.1 Å². The first kappa shape index (κ1) is 17.2. The van der Waals surface area contributed by atoms with Crippen LogP contribution in [0, 0.1) is 0 Å². The summed E-state index contributed by atoms with van der Waals surface area (Å²) in [4.78, 5) is 45.3. The number of nitrogens with one attached hydrogen (secondary N) is 1. The van der Waals surface area contributed by atoms with Gasteiger partial charge in [0.15, 0.2) is 10.8 Å². The minimum absolute atomic E-state index is 0.0755. The van der Waals surface area contributed by atoms with Crippen LogP contribution in [0.5, 0.6) is 0 Å². The van der Waals surface area contributed by atoms with E-state index in [2.05, 4.69) is 20.3 Å². The molecule has 2 aliphatic rings. The first-order valence-corrected chi connectivity index (χ1v) is 8.79. The number of amides is 2. The zero-order valence-electron chi connectivity index (χ0n) is 12.8. The summed E-state index contributed by atoms with van der Waals surface area (Å²) < 4.78 is 0. The van der Waals surface area contributed by atoms with Crippen LogP contribution in [0.3, 0.4) is 0 Å². The highest BCUT2D eigenvalue weighted by atomic mass is 32.2. The number of β-lactam (4-membered cyclic amide) rings is 1. The van der Waals surface area contributed by atoms with Crippen LogP contribution in [0.4, 0.5) is 5.13 Å². The van der Waals surface area contributed by atoms with Gasteiger partial charge in [0.25, 0.3) is 5.91 Å². The second-order valence-corrected chi connectivity index (χ2v) is 7.22. The third-order valence-electron chi connectivity index (χ3n) is 3.43. The van der Waals surface area contributed by atoms with E-state index in [1.54, 1.807) is 5.38 Å². The molecule has 1 unspecified atom stereocenters. The van der Waals surface area contributed by atoms with Crippen LogP contribution in [-0.2, 0) is 19.2 Å². The SMILES string of the molecule is CON=C(C(=O)NC1C=C(C(=O)O)N2C(=O)C[C@H]2S1)c1csc(N)n1. The fourth-order valence-corrected chi connectivity index (χ4v) is 4.22. The Morgan fingerprint density at radius 1 is 1.56 bits per heavy atom. The molecule has 0 aromatic carbocycles. The van der Waals surface area contributed by atoms with Crippen molar-refractivity contribution in [3.63, 3.8) is 0 Å². The van der Waals surface area contributed by atoms with Gasteiger partial charge < -0.3 is 21.0 Å². The van der Waals surface area contributed by atoms with Crippen LogP contribution in [0.2, 0.25) is 0 Å². The summed E-state index contributed by atoms with van der Waals surface area (Å²) in [7, 11) is 1.29. The van der Waals surface area contributed by atoms with E-state index in [-0.39, 0.29) is 39.9 Å². The first-order valence-electron chi connectivity index (χ1n) is 6.96. The van der Waals surface area contributed by atoms with E-state index < -0.39 is 17.3 Å². The number of carboxylic acid groups (broad SMARTS) is 1. The third kappa shape index (κ3) is 3.30. The molecule has 0 saturated carbocycles. The second kappa shape index (κ2) is 6.72. The van der Waals surface area contributed by atoms with Gasteiger partial charge in [-0.15, -0.1) is 23.1 Å². The predicted molar refractivity (Wildman–Crippen MR) is 90.6 cm³/mol. The van der Waals surface area contributed by atoms with Crippen LogP contribution >= 0.6 is 23.1 Å². The molecule has 12 heteroatoms. The quantitative estimate of drug-likeness (QED) is 0.359. The highest BCUT2D eigenvalue weighted by molar-refractivity contribution is 8.00. The van der Waals surface area contributed by atoms with Gasteiger partial charge in [-0.05, 0) is 6.08 Å². The molecule has 0 spiro atoms. The highest BCUT2D eigenvalue weighted by Crippen LogP contribution is 2.39. The monoisotopic (exact) mass is 383 g/mol.